The zero-order chi connectivity index (χ0) is 15.2. The molecule has 1 atom stereocenters. The highest BCUT2D eigenvalue weighted by atomic mass is 16.3. The van der Waals surface area contributed by atoms with Crippen LogP contribution in [0.3, 0.4) is 0 Å². The van der Waals surface area contributed by atoms with Gasteiger partial charge in [0, 0.05) is 5.69 Å². The van der Waals surface area contributed by atoms with Crippen molar-refractivity contribution < 1.29 is 9.90 Å². The Hall–Kier alpha value is -1.35. The molecule has 1 aliphatic carbocycles. The van der Waals surface area contributed by atoms with Crippen molar-refractivity contribution in [3.63, 3.8) is 0 Å². The number of carbonyl (C=O) groups excluding carboxylic acids is 1. The second kappa shape index (κ2) is 7.60. The number of hydrogen-bond donors (Lipinski definition) is 2. The van der Waals surface area contributed by atoms with Crippen LogP contribution in [0.1, 0.15) is 56.1 Å². The Labute approximate surface area is 127 Å². The monoisotopic (exact) mass is 289 g/mol. The van der Waals surface area contributed by atoms with Crippen molar-refractivity contribution in [2.45, 2.75) is 64.9 Å². The van der Waals surface area contributed by atoms with Crippen molar-refractivity contribution in [2.75, 3.05) is 5.32 Å². The van der Waals surface area contributed by atoms with Crippen LogP contribution in [0.25, 0.3) is 0 Å². The SMILES string of the molecule is Cc1ccc(NC(=O)C(O)CCC2CCCCC2)c(C)c1. The topological polar surface area (TPSA) is 49.3 Å². The number of anilines is 1. The number of aliphatic hydroxyl groups excluding tert-OH is 1. The summed E-state index contributed by atoms with van der Waals surface area (Å²) in [6, 6.07) is 5.90. The van der Waals surface area contributed by atoms with Crippen LogP contribution in [0.5, 0.6) is 0 Å². The number of rotatable bonds is 5. The fourth-order valence-corrected chi connectivity index (χ4v) is 3.17. The van der Waals surface area contributed by atoms with E-state index in [1.165, 1.54) is 37.7 Å². The average molecular weight is 289 g/mol. The van der Waals surface area contributed by atoms with Gasteiger partial charge in [0.05, 0.1) is 0 Å². The zero-order valence-electron chi connectivity index (χ0n) is 13.2. The minimum Gasteiger partial charge on any atom is -0.383 e. The maximum absolute atomic E-state index is 12.1. The highest BCUT2D eigenvalue weighted by molar-refractivity contribution is 5.94. The van der Waals surface area contributed by atoms with Crippen molar-refractivity contribution in [1.82, 2.24) is 0 Å². The number of nitrogens with one attached hydrogen (secondary N) is 1. The smallest absolute Gasteiger partial charge is 0.253 e. The van der Waals surface area contributed by atoms with E-state index in [9.17, 15) is 9.90 Å². The summed E-state index contributed by atoms with van der Waals surface area (Å²) in [5.41, 5.74) is 2.99. The van der Waals surface area contributed by atoms with Gasteiger partial charge in [0.2, 0.25) is 0 Å². The van der Waals surface area contributed by atoms with E-state index in [2.05, 4.69) is 5.32 Å². The molecule has 3 heteroatoms. The number of hydrogen-bond acceptors (Lipinski definition) is 2. The maximum atomic E-state index is 12.1. The van der Waals surface area contributed by atoms with Crippen LogP contribution < -0.4 is 5.32 Å². The molecule has 0 aromatic heterocycles. The van der Waals surface area contributed by atoms with E-state index in [1.54, 1.807) is 0 Å². The third kappa shape index (κ3) is 4.85. The number of aryl methyl sites for hydroxylation is 2. The molecule has 21 heavy (non-hydrogen) atoms. The number of benzene rings is 1. The number of carbonyl (C=O) groups is 1. The van der Waals surface area contributed by atoms with E-state index < -0.39 is 6.10 Å². The predicted molar refractivity (Wildman–Crippen MR) is 86.4 cm³/mol. The van der Waals surface area contributed by atoms with E-state index in [0.29, 0.717) is 12.3 Å². The first-order chi connectivity index (χ1) is 10.1. The van der Waals surface area contributed by atoms with E-state index in [-0.39, 0.29) is 5.91 Å². The Kier molecular flexibility index (Phi) is 5.80. The molecule has 0 spiro atoms. The minimum absolute atomic E-state index is 0.280. The van der Waals surface area contributed by atoms with E-state index in [1.807, 2.05) is 32.0 Å². The van der Waals surface area contributed by atoms with Crippen LogP contribution in [-0.2, 0) is 4.79 Å². The molecule has 2 rings (SSSR count). The average Bonchev–Trinajstić information content (AvgIpc) is 2.48. The van der Waals surface area contributed by atoms with Gasteiger partial charge in [0.15, 0.2) is 0 Å². The lowest BCUT2D eigenvalue weighted by Gasteiger charge is -2.22. The molecule has 0 heterocycles. The second-order valence-corrected chi connectivity index (χ2v) is 6.40. The van der Waals surface area contributed by atoms with Gasteiger partial charge in [-0.1, -0.05) is 49.8 Å². The quantitative estimate of drug-likeness (QED) is 0.862. The molecule has 0 aliphatic heterocycles. The molecule has 0 bridgehead atoms. The molecule has 116 valence electrons. The molecule has 1 fully saturated rings. The molecule has 1 aromatic rings. The lowest BCUT2D eigenvalue weighted by molar-refractivity contribution is -0.124. The summed E-state index contributed by atoms with van der Waals surface area (Å²) in [4.78, 5) is 12.1. The number of aliphatic hydroxyl groups is 1. The molecule has 1 aliphatic rings. The van der Waals surface area contributed by atoms with Crippen molar-refractivity contribution in [3.8, 4) is 0 Å². The first-order valence-corrected chi connectivity index (χ1v) is 8.12. The molecule has 1 amide bonds. The van der Waals surface area contributed by atoms with Gasteiger partial charge >= 0.3 is 0 Å². The zero-order valence-corrected chi connectivity index (χ0v) is 13.2. The molecule has 1 unspecified atom stereocenters. The molecular weight excluding hydrogens is 262 g/mol. The summed E-state index contributed by atoms with van der Waals surface area (Å²) >= 11 is 0. The number of amides is 1. The standard InChI is InChI=1S/C18H27NO2/c1-13-8-10-16(14(2)12-13)19-18(21)17(20)11-9-15-6-4-3-5-7-15/h8,10,12,15,17,20H,3-7,9,11H2,1-2H3,(H,19,21). The molecule has 1 saturated carbocycles. The van der Waals surface area contributed by atoms with Crippen LogP contribution >= 0.6 is 0 Å². The molecule has 2 N–H and O–H groups in total. The highest BCUT2D eigenvalue weighted by Crippen LogP contribution is 2.28. The van der Waals surface area contributed by atoms with E-state index in [4.69, 9.17) is 0 Å². The third-order valence-corrected chi connectivity index (χ3v) is 4.52. The summed E-state index contributed by atoms with van der Waals surface area (Å²) in [6.07, 6.45) is 7.09. The largest absolute Gasteiger partial charge is 0.383 e. The molecule has 3 nitrogen and oxygen atoms in total. The van der Waals surface area contributed by atoms with E-state index >= 15 is 0 Å². The fraction of sp³-hybridized carbons (Fsp3) is 0.611. The van der Waals surface area contributed by atoms with Crippen molar-refractivity contribution >= 4 is 11.6 Å². The Morgan fingerprint density at radius 2 is 2.00 bits per heavy atom. The third-order valence-electron chi connectivity index (χ3n) is 4.52. The molecular formula is C18H27NO2. The van der Waals surface area contributed by atoms with Gasteiger partial charge in [0.25, 0.3) is 5.91 Å². The van der Waals surface area contributed by atoms with Gasteiger partial charge in [-0.2, -0.15) is 0 Å². The molecule has 1 aromatic carbocycles. The fourth-order valence-electron chi connectivity index (χ4n) is 3.17. The van der Waals surface area contributed by atoms with Crippen molar-refractivity contribution in [3.05, 3.63) is 29.3 Å². The minimum atomic E-state index is -0.896. The Bertz CT molecular complexity index is 478. The van der Waals surface area contributed by atoms with Crippen molar-refractivity contribution in [2.24, 2.45) is 5.92 Å². The van der Waals surface area contributed by atoms with Gasteiger partial charge in [-0.15, -0.1) is 0 Å². The van der Waals surface area contributed by atoms with Crippen molar-refractivity contribution in [1.29, 1.82) is 0 Å². The predicted octanol–water partition coefficient (Wildman–Crippen LogP) is 3.96. The Morgan fingerprint density at radius 3 is 2.67 bits per heavy atom. The Morgan fingerprint density at radius 1 is 1.29 bits per heavy atom. The first kappa shape index (κ1) is 16.0. The van der Waals surface area contributed by atoms with Gasteiger partial charge in [-0.05, 0) is 44.2 Å². The van der Waals surface area contributed by atoms with Gasteiger partial charge < -0.3 is 10.4 Å². The normalized spacial score (nSPS) is 17.5. The summed E-state index contributed by atoms with van der Waals surface area (Å²) in [6.45, 7) is 3.99. The van der Waals surface area contributed by atoms with Crippen LogP contribution in [0.2, 0.25) is 0 Å². The van der Waals surface area contributed by atoms with Gasteiger partial charge in [-0.25, -0.2) is 0 Å². The first-order valence-electron chi connectivity index (χ1n) is 8.12. The van der Waals surface area contributed by atoms with Gasteiger partial charge in [0.1, 0.15) is 6.10 Å². The Balaban J connectivity index is 1.81. The second-order valence-electron chi connectivity index (χ2n) is 6.40. The lowest BCUT2D eigenvalue weighted by Crippen LogP contribution is -2.28. The van der Waals surface area contributed by atoms with Gasteiger partial charge in [-0.3, -0.25) is 4.79 Å². The summed E-state index contributed by atoms with van der Waals surface area (Å²) in [5, 5.41) is 12.9. The highest BCUT2D eigenvalue weighted by Gasteiger charge is 2.19. The molecule has 0 saturated heterocycles. The summed E-state index contributed by atoms with van der Waals surface area (Å²) < 4.78 is 0. The van der Waals surface area contributed by atoms with E-state index in [0.717, 1.165) is 17.7 Å². The van der Waals surface area contributed by atoms with Crippen LogP contribution in [0, 0.1) is 19.8 Å². The molecule has 0 radical (unpaired) electrons. The van der Waals surface area contributed by atoms with Crippen LogP contribution in [-0.4, -0.2) is 17.1 Å². The lowest BCUT2D eigenvalue weighted by atomic mass is 9.85. The summed E-state index contributed by atoms with van der Waals surface area (Å²) in [7, 11) is 0. The van der Waals surface area contributed by atoms with Crippen LogP contribution in [0.4, 0.5) is 5.69 Å². The van der Waals surface area contributed by atoms with Crippen LogP contribution in [0.15, 0.2) is 18.2 Å². The summed E-state index contributed by atoms with van der Waals surface area (Å²) in [5.74, 6) is 0.417. The maximum Gasteiger partial charge on any atom is 0.253 e.